The van der Waals surface area contributed by atoms with Gasteiger partial charge in [0.05, 0.1) is 11.7 Å². The Balaban J connectivity index is 2.47. The normalized spacial score (nSPS) is 20.7. The van der Waals surface area contributed by atoms with Gasteiger partial charge in [0.2, 0.25) is 5.88 Å². The van der Waals surface area contributed by atoms with Crippen LogP contribution >= 0.6 is 0 Å². The molecule has 1 amide bonds. The zero-order valence-corrected chi connectivity index (χ0v) is 17.3. The first-order chi connectivity index (χ1) is 12.6. The van der Waals surface area contributed by atoms with E-state index in [-0.39, 0.29) is 12.0 Å². The Morgan fingerprint density at radius 3 is 2.32 bits per heavy atom. The number of carbonyl (C=O) groups excluding carboxylic acids is 1. The zero-order valence-electron chi connectivity index (χ0n) is 16.5. The summed E-state index contributed by atoms with van der Waals surface area (Å²) < 4.78 is 71.8. The van der Waals surface area contributed by atoms with Gasteiger partial charge in [-0.05, 0) is 34.1 Å². The lowest BCUT2D eigenvalue weighted by atomic mass is 9.93. The minimum atomic E-state index is -5.84. The first-order valence-corrected chi connectivity index (χ1v) is 10.1. The number of nitrogens with zero attached hydrogens (tertiary/aromatic N) is 3. The van der Waals surface area contributed by atoms with Crippen LogP contribution in [0.2, 0.25) is 0 Å². The van der Waals surface area contributed by atoms with Gasteiger partial charge >= 0.3 is 21.7 Å². The van der Waals surface area contributed by atoms with Gasteiger partial charge in [-0.15, -0.1) is 0 Å². The number of hydrogen-bond acceptors (Lipinski definition) is 6. The van der Waals surface area contributed by atoms with E-state index in [9.17, 15) is 26.4 Å². The van der Waals surface area contributed by atoms with Gasteiger partial charge in [0.25, 0.3) is 0 Å². The second-order valence-corrected chi connectivity index (χ2v) is 9.18. The Kier molecular flexibility index (Phi) is 5.68. The van der Waals surface area contributed by atoms with Crippen molar-refractivity contribution in [1.29, 1.82) is 0 Å². The van der Waals surface area contributed by atoms with E-state index in [0.717, 1.165) is 4.68 Å². The number of ether oxygens (including phenoxy) is 1. The molecule has 1 aromatic heterocycles. The minimum Gasteiger partial charge on any atom is -0.444 e. The summed E-state index contributed by atoms with van der Waals surface area (Å²) in [7, 11) is -4.55. The number of aryl methyl sites for hydroxylation is 1. The van der Waals surface area contributed by atoms with Crippen LogP contribution in [0.15, 0.2) is 0 Å². The first kappa shape index (κ1) is 22.3. The number of halogens is 3. The van der Waals surface area contributed by atoms with Gasteiger partial charge in [0, 0.05) is 25.1 Å². The maximum Gasteiger partial charge on any atom is 0.534 e. The fourth-order valence-corrected chi connectivity index (χ4v) is 3.64. The summed E-state index contributed by atoms with van der Waals surface area (Å²) >= 11 is 0. The molecule has 0 fully saturated rings. The van der Waals surface area contributed by atoms with Crippen molar-refractivity contribution in [2.75, 3.05) is 0 Å². The van der Waals surface area contributed by atoms with Gasteiger partial charge in [0.1, 0.15) is 5.60 Å². The van der Waals surface area contributed by atoms with Crippen LogP contribution in [0.4, 0.5) is 18.0 Å². The number of amides is 1. The van der Waals surface area contributed by atoms with E-state index in [1.807, 2.05) is 0 Å². The average molecular weight is 427 g/mol. The van der Waals surface area contributed by atoms with Crippen LogP contribution in [-0.4, -0.2) is 46.3 Å². The van der Waals surface area contributed by atoms with E-state index >= 15 is 0 Å². The van der Waals surface area contributed by atoms with Crippen LogP contribution in [0.1, 0.15) is 58.3 Å². The molecular formula is C16H24F3N3O5S. The quantitative estimate of drug-likeness (QED) is 0.543. The molecule has 1 aliphatic heterocycles. The SMILES string of the molecule is CC[C@H]1c2nn(C)c(OS(=O)(=O)C(F)(F)F)c2C[C@@H](C)N1C(=O)OC(C)(C)C. The highest BCUT2D eigenvalue weighted by atomic mass is 32.2. The summed E-state index contributed by atoms with van der Waals surface area (Å²) in [6.07, 6.45) is -0.103. The maximum atomic E-state index is 12.7. The van der Waals surface area contributed by atoms with Crippen LogP contribution in [0.5, 0.6) is 5.88 Å². The van der Waals surface area contributed by atoms with Crippen molar-refractivity contribution in [1.82, 2.24) is 14.7 Å². The van der Waals surface area contributed by atoms with E-state index in [1.165, 1.54) is 11.9 Å². The molecule has 0 N–H and O–H groups in total. The molecule has 0 unspecified atom stereocenters. The number of alkyl halides is 3. The second kappa shape index (κ2) is 7.12. The van der Waals surface area contributed by atoms with Gasteiger partial charge in [0.15, 0.2) is 0 Å². The fraction of sp³-hybridized carbons (Fsp3) is 0.750. The number of carbonyl (C=O) groups is 1. The molecular weight excluding hydrogens is 403 g/mol. The highest BCUT2D eigenvalue weighted by Gasteiger charge is 2.50. The van der Waals surface area contributed by atoms with E-state index in [4.69, 9.17) is 4.74 Å². The monoisotopic (exact) mass is 427 g/mol. The summed E-state index contributed by atoms with van der Waals surface area (Å²) in [6.45, 7) is 8.65. The van der Waals surface area contributed by atoms with Crippen molar-refractivity contribution < 1.29 is 35.3 Å². The molecule has 2 rings (SSSR count). The molecule has 0 saturated carbocycles. The van der Waals surface area contributed by atoms with E-state index < -0.39 is 45.3 Å². The molecule has 0 aliphatic carbocycles. The van der Waals surface area contributed by atoms with Crippen molar-refractivity contribution >= 4 is 16.2 Å². The highest BCUT2D eigenvalue weighted by Crippen LogP contribution is 2.41. The fourth-order valence-electron chi connectivity index (χ4n) is 3.13. The molecule has 1 aromatic rings. The Morgan fingerprint density at radius 1 is 1.29 bits per heavy atom. The zero-order chi connectivity index (χ0) is 21.7. The summed E-state index contributed by atoms with van der Waals surface area (Å²) in [5, 5.41) is 4.14. The molecule has 0 spiro atoms. The summed E-state index contributed by atoms with van der Waals surface area (Å²) in [6, 6.07) is -1.06. The predicted octanol–water partition coefficient (Wildman–Crippen LogP) is 3.28. The Hall–Kier alpha value is -1.98. The number of aromatic nitrogens is 2. The topological polar surface area (TPSA) is 90.7 Å². The predicted molar refractivity (Wildman–Crippen MR) is 93.1 cm³/mol. The van der Waals surface area contributed by atoms with Crippen LogP contribution < -0.4 is 4.18 Å². The van der Waals surface area contributed by atoms with E-state index in [0.29, 0.717) is 12.1 Å². The number of fused-ring (bicyclic) bond motifs is 1. The third-order valence-electron chi connectivity index (χ3n) is 4.21. The Bertz CT molecular complexity index is 858. The number of hydrogen-bond donors (Lipinski definition) is 0. The highest BCUT2D eigenvalue weighted by molar-refractivity contribution is 7.87. The lowest BCUT2D eigenvalue weighted by molar-refractivity contribution is -0.0502. The smallest absolute Gasteiger partial charge is 0.444 e. The number of rotatable bonds is 3. The summed E-state index contributed by atoms with van der Waals surface area (Å²) in [5.74, 6) is -0.499. The molecule has 0 bridgehead atoms. The van der Waals surface area contributed by atoms with Gasteiger partial charge in [-0.25, -0.2) is 9.48 Å². The first-order valence-electron chi connectivity index (χ1n) is 8.67. The summed E-state index contributed by atoms with van der Waals surface area (Å²) in [5.41, 5.74) is -5.76. The minimum absolute atomic E-state index is 0.0711. The molecule has 2 heterocycles. The van der Waals surface area contributed by atoms with Gasteiger partial charge in [-0.2, -0.15) is 26.7 Å². The molecule has 28 heavy (non-hydrogen) atoms. The summed E-state index contributed by atoms with van der Waals surface area (Å²) in [4.78, 5) is 14.1. The molecule has 0 saturated heterocycles. The van der Waals surface area contributed by atoms with Crippen molar-refractivity contribution in [3.63, 3.8) is 0 Å². The Labute approximate surface area is 161 Å². The maximum absolute atomic E-state index is 12.7. The molecule has 1 aliphatic rings. The molecule has 2 atom stereocenters. The van der Waals surface area contributed by atoms with Crippen molar-refractivity contribution in [2.24, 2.45) is 7.05 Å². The van der Waals surface area contributed by atoms with Crippen LogP contribution in [0.25, 0.3) is 0 Å². The van der Waals surface area contributed by atoms with Crippen LogP contribution in [-0.2, 0) is 28.3 Å². The molecule has 0 radical (unpaired) electrons. The largest absolute Gasteiger partial charge is 0.534 e. The lowest BCUT2D eigenvalue weighted by Gasteiger charge is -2.40. The third kappa shape index (κ3) is 4.20. The van der Waals surface area contributed by atoms with Crippen molar-refractivity contribution in [3.05, 3.63) is 11.3 Å². The van der Waals surface area contributed by atoms with Gasteiger partial charge in [-0.3, -0.25) is 4.90 Å². The van der Waals surface area contributed by atoms with Gasteiger partial charge in [-0.1, -0.05) is 6.92 Å². The third-order valence-corrected chi connectivity index (χ3v) is 5.15. The van der Waals surface area contributed by atoms with Crippen molar-refractivity contribution in [2.45, 2.75) is 70.7 Å². The second-order valence-electron chi connectivity index (χ2n) is 7.64. The standard InChI is InChI=1S/C16H24F3N3O5S/c1-7-11-12-10(8-9(2)22(11)14(23)26-15(3,4)5)13(21(6)20-12)27-28(24,25)16(17,18)19/h9,11H,7-8H2,1-6H3/t9-,11+/m1/s1. The van der Waals surface area contributed by atoms with Crippen LogP contribution in [0, 0.1) is 0 Å². The van der Waals surface area contributed by atoms with E-state index in [2.05, 4.69) is 9.28 Å². The molecule has 12 heteroatoms. The lowest BCUT2D eigenvalue weighted by Crippen LogP contribution is -2.47. The van der Waals surface area contributed by atoms with E-state index in [1.54, 1.807) is 34.6 Å². The van der Waals surface area contributed by atoms with Crippen molar-refractivity contribution in [3.8, 4) is 5.88 Å². The van der Waals surface area contributed by atoms with Gasteiger partial charge < -0.3 is 8.92 Å². The molecule has 0 aromatic carbocycles. The Morgan fingerprint density at radius 2 is 1.86 bits per heavy atom. The molecule has 160 valence electrons. The van der Waals surface area contributed by atoms with Crippen LogP contribution in [0.3, 0.4) is 0 Å². The molecule has 8 nitrogen and oxygen atoms in total. The average Bonchev–Trinajstić information content (AvgIpc) is 2.78.